The van der Waals surface area contributed by atoms with Crippen molar-refractivity contribution in [3.63, 3.8) is 0 Å². The van der Waals surface area contributed by atoms with E-state index < -0.39 is 0 Å². The number of nitrogens with zero attached hydrogens (tertiary/aromatic N) is 1. The van der Waals surface area contributed by atoms with Gasteiger partial charge in [0.2, 0.25) is 0 Å². The van der Waals surface area contributed by atoms with Crippen LogP contribution in [0.15, 0.2) is 28.7 Å². The fourth-order valence-corrected chi connectivity index (χ4v) is 3.66. The zero-order valence-corrected chi connectivity index (χ0v) is 14.6. The lowest BCUT2D eigenvalue weighted by molar-refractivity contribution is 0.0279. The molecule has 1 aliphatic rings. The van der Waals surface area contributed by atoms with Gasteiger partial charge in [0.15, 0.2) is 0 Å². The molecule has 1 aliphatic carbocycles. The highest BCUT2D eigenvalue weighted by atomic mass is 79.9. The fourth-order valence-electron chi connectivity index (χ4n) is 3.10. The van der Waals surface area contributed by atoms with E-state index in [1.165, 1.54) is 10.0 Å². The highest BCUT2D eigenvalue weighted by Gasteiger charge is 2.27. The number of aliphatic hydroxyl groups is 1. The number of nitrogens with one attached hydrogen (secondary N) is 1. The van der Waals surface area contributed by atoms with Crippen LogP contribution in [0.5, 0.6) is 0 Å². The molecule has 1 atom stereocenters. The molecule has 4 heteroatoms. The standard InChI is InChI=1S/C17H27BrN2O/c1-3-19-17(15-6-4-5-7-16(15)18)8-9-20(2)12-13-10-14(21)11-13/h4-7,13-14,17,19,21H,3,8-12H2,1-2H3. The minimum absolute atomic E-state index is 0.0434. The quantitative estimate of drug-likeness (QED) is 0.752. The van der Waals surface area contributed by atoms with E-state index in [1.807, 2.05) is 0 Å². The van der Waals surface area contributed by atoms with E-state index in [1.54, 1.807) is 0 Å². The molecule has 1 aromatic rings. The molecule has 118 valence electrons. The summed E-state index contributed by atoms with van der Waals surface area (Å²) in [5.41, 5.74) is 1.34. The number of rotatable bonds is 8. The minimum atomic E-state index is -0.0434. The van der Waals surface area contributed by atoms with Gasteiger partial charge in [-0.3, -0.25) is 0 Å². The summed E-state index contributed by atoms with van der Waals surface area (Å²) in [4.78, 5) is 2.40. The van der Waals surface area contributed by atoms with Crippen LogP contribution >= 0.6 is 15.9 Å². The van der Waals surface area contributed by atoms with Gasteiger partial charge in [0.1, 0.15) is 0 Å². The van der Waals surface area contributed by atoms with E-state index >= 15 is 0 Å². The molecule has 2 N–H and O–H groups in total. The summed E-state index contributed by atoms with van der Waals surface area (Å²) >= 11 is 3.66. The first-order chi connectivity index (χ1) is 10.1. The van der Waals surface area contributed by atoms with Gasteiger partial charge in [-0.25, -0.2) is 0 Å². The maximum Gasteiger partial charge on any atom is 0.0546 e. The van der Waals surface area contributed by atoms with E-state index in [-0.39, 0.29) is 6.10 Å². The Labute approximate surface area is 136 Å². The minimum Gasteiger partial charge on any atom is -0.393 e. The van der Waals surface area contributed by atoms with Gasteiger partial charge in [0.05, 0.1) is 6.10 Å². The Bertz CT molecular complexity index is 435. The van der Waals surface area contributed by atoms with Crippen LogP contribution in [0.4, 0.5) is 0 Å². The van der Waals surface area contributed by atoms with Crippen molar-refractivity contribution in [3.8, 4) is 0 Å². The molecule has 0 aromatic heterocycles. The van der Waals surface area contributed by atoms with Crippen LogP contribution in [0.3, 0.4) is 0 Å². The largest absolute Gasteiger partial charge is 0.393 e. The Balaban J connectivity index is 1.84. The second-order valence-electron chi connectivity index (χ2n) is 6.17. The SMILES string of the molecule is CCNC(CCN(C)CC1CC(O)C1)c1ccccc1Br. The molecule has 1 fully saturated rings. The molecule has 3 nitrogen and oxygen atoms in total. The molecule has 0 aliphatic heterocycles. The summed E-state index contributed by atoms with van der Waals surface area (Å²) in [6, 6.07) is 8.85. The van der Waals surface area contributed by atoms with Gasteiger partial charge < -0.3 is 15.3 Å². The van der Waals surface area contributed by atoms with Crippen LogP contribution in [-0.4, -0.2) is 42.8 Å². The smallest absolute Gasteiger partial charge is 0.0546 e. The third kappa shape index (κ3) is 5.06. The Kier molecular flexibility index (Phi) is 6.68. The molecule has 0 amide bonds. The van der Waals surface area contributed by atoms with Gasteiger partial charge in [-0.2, -0.15) is 0 Å². The van der Waals surface area contributed by atoms with Gasteiger partial charge in [0.25, 0.3) is 0 Å². The second-order valence-corrected chi connectivity index (χ2v) is 7.03. The topological polar surface area (TPSA) is 35.5 Å². The first-order valence-corrected chi connectivity index (χ1v) is 8.73. The number of benzene rings is 1. The normalized spacial score (nSPS) is 23.1. The molecule has 0 saturated heterocycles. The molecule has 21 heavy (non-hydrogen) atoms. The lowest BCUT2D eigenvalue weighted by Crippen LogP contribution is -2.38. The van der Waals surface area contributed by atoms with E-state index in [4.69, 9.17) is 0 Å². The molecule has 1 saturated carbocycles. The monoisotopic (exact) mass is 354 g/mol. The van der Waals surface area contributed by atoms with E-state index in [9.17, 15) is 5.11 Å². The first-order valence-electron chi connectivity index (χ1n) is 7.94. The summed E-state index contributed by atoms with van der Waals surface area (Å²) in [6.45, 7) is 5.31. The molecule has 0 heterocycles. The molecular weight excluding hydrogens is 328 g/mol. The number of hydrogen-bond donors (Lipinski definition) is 2. The van der Waals surface area contributed by atoms with Crippen molar-refractivity contribution in [2.24, 2.45) is 5.92 Å². The molecule has 1 unspecified atom stereocenters. The summed E-state index contributed by atoms with van der Waals surface area (Å²) in [5, 5.41) is 13.0. The zero-order valence-electron chi connectivity index (χ0n) is 13.1. The van der Waals surface area contributed by atoms with Crippen molar-refractivity contribution in [1.29, 1.82) is 0 Å². The van der Waals surface area contributed by atoms with Crippen LogP contribution in [-0.2, 0) is 0 Å². The van der Waals surface area contributed by atoms with E-state index in [0.717, 1.165) is 38.9 Å². The Morgan fingerprint density at radius 2 is 2.10 bits per heavy atom. The van der Waals surface area contributed by atoms with Gasteiger partial charge in [-0.1, -0.05) is 41.1 Å². The first kappa shape index (κ1) is 16.9. The molecule has 0 spiro atoms. The third-order valence-corrected chi connectivity index (χ3v) is 5.03. The van der Waals surface area contributed by atoms with Crippen molar-refractivity contribution < 1.29 is 5.11 Å². The van der Waals surface area contributed by atoms with Crippen LogP contribution in [0, 0.1) is 5.92 Å². The van der Waals surface area contributed by atoms with Gasteiger partial charge in [-0.05, 0) is 56.9 Å². The summed E-state index contributed by atoms with van der Waals surface area (Å²) < 4.78 is 1.18. The summed E-state index contributed by atoms with van der Waals surface area (Å²) in [5.74, 6) is 0.686. The van der Waals surface area contributed by atoms with Gasteiger partial charge in [0, 0.05) is 17.1 Å². The Morgan fingerprint density at radius 3 is 2.71 bits per heavy atom. The highest BCUT2D eigenvalue weighted by Crippen LogP contribution is 2.28. The second kappa shape index (κ2) is 8.28. The van der Waals surface area contributed by atoms with Crippen LogP contribution in [0.25, 0.3) is 0 Å². The van der Waals surface area contributed by atoms with Crippen molar-refractivity contribution in [1.82, 2.24) is 10.2 Å². The Hall–Kier alpha value is -0.420. The van der Waals surface area contributed by atoms with E-state index in [2.05, 4.69) is 64.4 Å². The van der Waals surface area contributed by atoms with Crippen LogP contribution < -0.4 is 5.32 Å². The zero-order chi connectivity index (χ0) is 15.2. The van der Waals surface area contributed by atoms with Crippen molar-refractivity contribution in [2.75, 3.05) is 26.7 Å². The number of aliphatic hydroxyl groups excluding tert-OH is 1. The van der Waals surface area contributed by atoms with Crippen molar-refractivity contribution in [2.45, 2.75) is 38.3 Å². The molecule has 2 rings (SSSR count). The molecular formula is C17H27BrN2O. The lowest BCUT2D eigenvalue weighted by atomic mass is 9.82. The van der Waals surface area contributed by atoms with Crippen molar-refractivity contribution in [3.05, 3.63) is 34.3 Å². The maximum absolute atomic E-state index is 9.36. The van der Waals surface area contributed by atoms with Crippen LogP contribution in [0.1, 0.15) is 37.8 Å². The van der Waals surface area contributed by atoms with Crippen molar-refractivity contribution >= 4 is 15.9 Å². The molecule has 1 aromatic carbocycles. The highest BCUT2D eigenvalue weighted by molar-refractivity contribution is 9.10. The fraction of sp³-hybridized carbons (Fsp3) is 0.647. The molecule has 0 bridgehead atoms. The number of halogens is 1. The summed E-state index contributed by atoms with van der Waals surface area (Å²) in [7, 11) is 2.19. The molecule has 0 radical (unpaired) electrons. The average molecular weight is 355 g/mol. The van der Waals surface area contributed by atoms with E-state index in [0.29, 0.717) is 12.0 Å². The average Bonchev–Trinajstić information content (AvgIpc) is 2.42. The summed E-state index contributed by atoms with van der Waals surface area (Å²) in [6.07, 6.45) is 3.01. The Morgan fingerprint density at radius 1 is 1.38 bits per heavy atom. The van der Waals surface area contributed by atoms with Crippen LogP contribution in [0.2, 0.25) is 0 Å². The van der Waals surface area contributed by atoms with Gasteiger partial charge >= 0.3 is 0 Å². The predicted molar refractivity (Wildman–Crippen MR) is 91.4 cm³/mol. The third-order valence-electron chi connectivity index (χ3n) is 4.31. The predicted octanol–water partition coefficient (Wildman–Crippen LogP) is 3.19. The maximum atomic E-state index is 9.36. The number of hydrogen-bond acceptors (Lipinski definition) is 3. The lowest BCUT2D eigenvalue weighted by Gasteiger charge is -2.35. The van der Waals surface area contributed by atoms with Gasteiger partial charge in [-0.15, -0.1) is 0 Å².